The summed E-state index contributed by atoms with van der Waals surface area (Å²) in [5.41, 5.74) is 5.06. The molecular formula is C29H30N2O3. The Kier molecular flexibility index (Phi) is 7.12. The summed E-state index contributed by atoms with van der Waals surface area (Å²) >= 11 is 0. The number of rotatable bonds is 9. The van der Waals surface area contributed by atoms with Gasteiger partial charge in [0.1, 0.15) is 0 Å². The number of carbonyl (C=O) groups is 2. The van der Waals surface area contributed by atoms with Gasteiger partial charge in [0.2, 0.25) is 0 Å². The van der Waals surface area contributed by atoms with Crippen LogP contribution in [0.2, 0.25) is 0 Å². The summed E-state index contributed by atoms with van der Waals surface area (Å²) in [5.74, 6) is -0.229. The zero-order valence-electron chi connectivity index (χ0n) is 19.9. The molecule has 1 heterocycles. The SMILES string of the molecule is CCOC(=O)c1ccc2c(C(=O)CNc3ccccc3)c(C(C)C)n(Cc3ccccc3)c2c1. The number of ether oxygens (including phenoxy) is 1. The molecule has 0 fully saturated rings. The van der Waals surface area contributed by atoms with Gasteiger partial charge in [-0.05, 0) is 42.7 Å². The Morgan fingerprint density at radius 1 is 0.941 bits per heavy atom. The zero-order chi connectivity index (χ0) is 24.1. The molecule has 5 heteroatoms. The van der Waals surface area contributed by atoms with E-state index >= 15 is 0 Å². The Balaban J connectivity index is 1.83. The van der Waals surface area contributed by atoms with E-state index in [9.17, 15) is 9.59 Å². The van der Waals surface area contributed by atoms with Crippen LogP contribution in [0.15, 0.2) is 78.9 Å². The number of esters is 1. The van der Waals surface area contributed by atoms with Crippen molar-refractivity contribution >= 4 is 28.3 Å². The van der Waals surface area contributed by atoms with Gasteiger partial charge in [0, 0.05) is 28.9 Å². The zero-order valence-corrected chi connectivity index (χ0v) is 19.9. The first-order chi connectivity index (χ1) is 16.5. The molecule has 0 aliphatic rings. The van der Waals surface area contributed by atoms with Gasteiger partial charge in [-0.15, -0.1) is 0 Å². The molecule has 0 amide bonds. The smallest absolute Gasteiger partial charge is 0.338 e. The molecule has 0 spiro atoms. The fourth-order valence-corrected chi connectivity index (χ4v) is 4.37. The second-order valence-electron chi connectivity index (χ2n) is 8.58. The van der Waals surface area contributed by atoms with Crippen molar-refractivity contribution in [1.29, 1.82) is 0 Å². The van der Waals surface area contributed by atoms with E-state index in [4.69, 9.17) is 4.74 Å². The molecule has 1 aromatic heterocycles. The van der Waals surface area contributed by atoms with Gasteiger partial charge in [-0.25, -0.2) is 4.79 Å². The number of Topliss-reactive ketones (excluding diaryl/α,β-unsaturated/α-hetero) is 1. The van der Waals surface area contributed by atoms with Crippen molar-refractivity contribution in [2.24, 2.45) is 0 Å². The van der Waals surface area contributed by atoms with Crippen molar-refractivity contribution in [3.8, 4) is 0 Å². The number of anilines is 1. The number of hydrogen-bond acceptors (Lipinski definition) is 4. The number of aromatic nitrogens is 1. The highest BCUT2D eigenvalue weighted by atomic mass is 16.5. The lowest BCUT2D eigenvalue weighted by atomic mass is 9.99. The fraction of sp³-hybridized carbons (Fsp3) is 0.241. The average Bonchev–Trinajstić information content (AvgIpc) is 3.17. The molecule has 0 saturated carbocycles. The second kappa shape index (κ2) is 10.4. The van der Waals surface area contributed by atoms with E-state index in [1.54, 1.807) is 13.0 Å². The number of hydrogen-bond donors (Lipinski definition) is 1. The summed E-state index contributed by atoms with van der Waals surface area (Å²) in [6.07, 6.45) is 0. The van der Waals surface area contributed by atoms with Gasteiger partial charge in [0.25, 0.3) is 0 Å². The van der Waals surface area contributed by atoms with E-state index in [-0.39, 0.29) is 24.2 Å². The summed E-state index contributed by atoms with van der Waals surface area (Å²) in [6.45, 7) is 7.10. The van der Waals surface area contributed by atoms with E-state index in [0.717, 1.165) is 27.8 Å². The fourth-order valence-electron chi connectivity index (χ4n) is 4.37. The van der Waals surface area contributed by atoms with Gasteiger partial charge in [0.05, 0.1) is 24.2 Å². The van der Waals surface area contributed by atoms with Crippen LogP contribution >= 0.6 is 0 Å². The number of benzene rings is 3. The van der Waals surface area contributed by atoms with Gasteiger partial charge in [-0.3, -0.25) is 4.79 Å². The number of para-hydroxylation sites is 1. The predicted molar refractivity (Wildman–Crippen MR) is 137 cm³/mol. The molecule has 0 aliphatic carbocycles. The van der Waals surface area contributed by atoms with Gasteiger partial charge >= 0.3 is 5.97 Å². The van der Waals surface area contributed by atoms with Crippen LogP contribution in [-0.2, 0) is 11.3 Å². The maximum absolute atomic E-state index is 13.6. The van der Waals surface area contributed by atoms with Gasteiger partial charge in [-0.2, -0.15) is 0 Å². The Morgan fingerprint density at radius 3 is 2.26 bits per heavy atom. The van der Waals surface area contributed by atoms with Crippen molar-refractivity contribution in [2.75, 3.05) is 18.5 Å². The van der Waals surface area contributed by atoms with E-state index in [1.165, 1.54) is 0 Å². The first-order valence-corrected chi connectivity index (χ1v) is 11.7. The molecule has 0 saturated heterocycles. The highest BCUT2D eigenvalue weighted by Crippen LogP contribution is 2.33. The van der Waals surface area contributed by atoms with Crippen LogP contribution < -0.4 is 5.32 Å². The highest BCUT2D eigenvalue weighted by Gasteiger charge is 2.25. The maximum Gasteiger partial charge on any atom is 0.338 e. The minimum atomic E-state index is -0.360. The predicted octanol–water partition coefficient (Wildman–Crippen LogP) is 6.28. The van der Waals surface area contributed by atoms with E-state index < -0.39 is 0 Å². The monoisotopic (exact) mass is 454 g/mol. The minimum Gasteiger partial charge on any atom is -0.462 e. The van der Waals surface area contributed by atoms with Gasteiger partial charge < -0.3 is 14.6 Å². The third kappa shape index (κ3) is 4.88. The number of nitrogens with one attached hydrogen (secondary N) is 1. The molecule has 174 valence electrons. The van der Waals surface area contributed by atoms with Crippen LogP contribution in [0.25, 0.3) is 10.9 Å². The van der Waals surface area contributed by atoms with Gasteiger partial charge in [-0.1, -0.05) is 68.4 Å². The largest absolute Gasteiger partial charge is 0.462 e. The summed E-state index contributed by atoms with van der Waals surface area (Å²) in [7, 11) is 0. The molecule has 4 aromatic rings. The van der Waals surface area contributed by atoms with Crippen molar-refractivity contribution in [1.82, 2.24) is 4.57 Å². The molecule has 0 radical (unpaired) electrons. The molecule has 0 bridgehead atoms. The quantitative estimate of drug-likeness (QED) is 0.239. The van der Waals surface area contributed by atoms with Crippen LogP contribution in [0.1, 0.15) is 58.7 Å². The van der Waals surface area contributed by atoms with Crippen LogP contribution in [0.3, 0.4) is 0 Å². The number of nitrogens with zero attached hydrogens (tertiary/aromatic N) is 1. The van der Waals surface area contributed by atoms with Crippen LogP contribution in [0, 0.1) is 0 Å². The molecule has 5 nitrogen and oxygen atoms in total. The van der Waals surface area contributed by atoms with Crippen LogP contribution in [-0.4, -0.2) is 29.5 Å². The van der Waals surface area contributed by atoms with Crippen molar-refractivity contribution in [2.45, 2.75) is 33.2 Å². The highest BCUT2D eigenvalue weighted by molar-refractivity contribution is 6.12. The molecule has 0 aliphatic heterocycles. The first kappa shape index (κ1) is 23.3. The lowest BCUT2D eigenvalue weighted by Gasteiger charge is -2.16. The topological polar surface area (TPSA) is 60.3 Å². The van der Waals surface area contributed by atoms with Crippen LogP contribution in [0.5, 0.6) is 0 Å². The van der Waals surface area contributed by atoms with Crippen molar-refractivity contribution < 1.29 is 14.3 Å². The van der Waals surface area contributed by atoms with E-state index in [1.807, 2.05) is 60.7 Å². The normalized spacial score (nSPS) is 11.1. The Hall–Kier alpha value is -3.86. The van der Waals surface area contributed by atoms with Gasteiger partial charge in [0.15, 0.2) is 5.78 Å². The van der Waals surface area contributed by atoms with Crippen LogP contribution in [0.4, 0.5) is 5.69 Å². The maximum atomic E-state index is 13.6. The molecular weight excluding hydrogens is 424 g/mol. The molecule has 0 unspecified atom stereocenters. The molecule has 0 atom stereocenters. The lowest BCUT2D eigenvalue weighted by molar-refractivity contribution is 0.0526. The summed E-state index contributed by atoms with van der Waals surface area (Å²) in [6, 6.07) is 25.4. The Bertz CT molecular complexity index is 1290. The summed E-state index contributed by atoms with van der Waals surface area (Å²) in [4.78, 5) is 26.0. The van der Waals surface area contributed by atoms with E-state index in [0.29, 0.717) is 24.3 Å². The molecule has 34 heavy (non-hydrogen) atoms. The lowest BCUT2D eigenvalue weighted by Crippen LogP contribution is -2.17. The minimum absolute atomic E-state index is 0.0215. The summed E-state index contributed by atoms with van der Waals surface area (Å²) < 4.78 is 7.40. The van der Waals surface area contributed by atoms with E-state index in [2.05, 4.69) is 35.9 Å². The molecule has 4 rings (SSSR count). The number of ketones is 1. The van der Waals surface area contributed by atoms with Crippen molar-refractivity contribution in [3.05, 3.63) is 101 Å². The number of carbonyl (C=O) groups excluding carboxylic acids is 2. The number of fused-ring (bicyclic) bond motifs is 1. The first-order valence-electron chi connectivity index (χ1n) is 11.7. The summed E-state index contributed by atoms with van der Waals surface area (Å²) in [5, 5.41) is 4.10. The third-order valence-electron chi connectivity index (χ3n) is 5.85. The third-order valence-corrected chi connectivity index (χ3v) is 5.85. The average molecular weight is 455 g/mol. The Labute approximate surface area is 200 Å². The second-order valence-corrected chi connectivity index (χ2v) is 8.58. The standard InChI is InChI=1S/C29H30N2O3/c1-4-34-29(33)22-15-16-24-25(17-22)31(19-21-11-7-5-8-12-21)28(20(2)3)27(24)26(32)18-30-23-13-9-6-10-14-23/h5-17,20,30H,4,18-19H2,1-3H3. The van der Waals surface area contributed by atoms with Crippen molar-refractivity contribution in [3.63, 3.8) is 0 Å². The Morgan fingerprint density at radius 2 is 1.62 bits per heavy atom. The molecule has 1 N–H and O–H groups in total. The molecule has 3 aromatic carbocycles.